The molecule has 10 aromatic rings. The number of hydrogen-bond acceptors (Lipinski definition) is 10. The minimum absolute atomic E-state index is 0.0179. The quantitative estimate of drug-likeness (QED) is 0.119. The van der Waals surface area contributed by atoms with Gasteiger partial charge in [0.1, 0.15) is 19.0 Å². The topological polar surface area (TPSA) is 131 Å². The van der Waals surface area contributed by atoms with Gasteiger partial charge in [-0.2, -0.15) is 0 Å². The molecule has 0 aliphatic heterocycles. The van der Waals surface area contributed by atoms with E-state index in [9.17, 15) is 41.9 Å². The van der Waals surface area contributed by atoms with Gasteiger partial charge in [0.2, 0.25) is 0 Å². The molecule has 14 rings (SSSR count). The van der Waals surface area contributed by atoms with Crippen LogP contribution in [0.3, 0.4) is 0 Å². The van der Waals surface area contributed by atoms with Gasteiger partial charge in [-0.05, 0) is 118 Å². The van der Waals surface area contributed by atoms with Crippen LogP contribution < -0.4 is 21.1 Å². The van der Waals surface area contributed by atoms with Crippen molar-refractivity contribution < 1.29 is 51.4 Å². The molecule has 4 aliphatic rings. The lowest BCUT2D eigenvalue weighted by molar-refractivity contribution is 0.0975. The number of ketones is 4. The normalized spacial score (nSPS) is 16.7. The van der Waals surface area contributed by atoms with E-state index in [1.807, 2.05) is 85.0 Å². The minimum Gasteiger partial charge on any atom is -0.444 e. The first-order valence-electron chi connectivity index (χ1n) is 24.7. The van der Waals surface area contributed by atoms with Gasteiger partial charge in [-0.25, -0.2) is 31.9 Å². The van der Waals surface area contributed by atoms with Gasteiger partial charge in [-0.3, -0.25) is 19.2 Å². The van der Waals surface area contributed by atoms with Crippen LogP contribution in [0.25, 0.3) is 78.4 Å². The Labute approximate surface area is 446 Å². The molecule has 0 spiro atoms. The summed E-state index contributed by atoms with van der Waals surface area (Å²) in [5.74, 6) is -5.38. The van der Waals surface area contributed by atoms with Gasteiger partial charge in [-0.1, -0.05) is 85.0 Å². The number of thiophene rings is 2. The van der Waals surface area contributed by atoms with Crippen LogP contribution in [-0.4, -0.2) is 44.5 Å². The Hall–Kier alpha value is -9.31. The molecule has 4 aromatic heterocycles. The molecule has 0 fully saturated rings. The molecule has 2 atom stereocenters. The lowest BCUT2D eigenvalue weighted by atomic mass is 9.84. The number of aryl methyl sites for hydroxylation is 1. The number of allylic oxidation sites excluding steroid dienone is 2. The van der Waals surface area contributed by atoms with Gasteiger partial charge >= 0.3 is 12.2 Å². The highest BCUT2D eigenvalue weighted by atomic mass is 32.1. The molecule has 78 heavy (non-hydrogen) atoms. The summed E-state index contributed by atoms with van der Waals surface area (Å²) in [5.41, 5.74) is 3.28. The van der Waals surface area contributed by atoms with Crippen molar-refractivity contribution in [3.63, 3.8) is 0 Å². The summed E-state index contributed by atoms with van der Waals surface area (Å²) in [4.78, 5) is 85.6. The van der Waals surface area contributed by atoms with Crippen molar-refractivity contribution >= 4 is 136 Å². The molecule has 10 nitrogen and oxygen atoms in total. The summed E-state index contributed by atoms with van der Waals surface area (Å²) in [6.07, 6.45) is 9.69. The molecule has 0 saturated carbocycles. The van der Waals surface area contributed by atoms with Crippen molar-refractivity contribution in [3.05, 3.63) is 220 Å². The first-order chi connectivity index (χ1) is 37.7. The van der Waals surface area contributed by atoms with E-state index in [2.05, 4.69) is 0 Å². The molecule has 2 unspecified atom stereocenters. The fourth-order valence-corrected chi connectivity index (χ4v) is 13.4. The lowest BCUT2D eigenvalue weighted by Gasteiger charge is -2.21. The molecule has 0 amide bonds. The number of halogens is 3. The van der Waals surface area contributed by atoms with Crippen molar-refractivity contribution in [3.8, 4) is 0 Å². The summed E-state index contributed by atoms with van der Waals surface area (Å²) < 4.78 is 59.3. The third-order valence-electron chi connectivity index (χ3n) is 14.9. The summed E-state index contributed by atoms with van der Waals surface area (Å²) >= 11 is 2.57. The smallest absolute Gasteiger partial charge is 0.419 e. The Bertz CT molecular complexity index is 4380. The first kappa shape index (κ1) is 47.2. The molecular weight excluding hydrogens is 1030 g/mol. The zero-order valence-corrected chi connectivity index (χ0v) is 42.3. The predicted octanol–water partition coefficient (Wildman–Crippen LogP) is 11.1. The highest BCUT2D eigenvalue weighted by molar-refractivity contribution is 7.20. The number of ether oxygens (including phenoxy) is 2. The van der Waals surface area contributed by atoms with Crippen molar-refractivity contribution in [2.24, 2.45) is 11.8 Å². The van der Waals surface area contributed by atoms with Gasteiger partial charge in [0.25, 0.3) is 0 Å². The zero-order chi connectivity index (χ0) is 53.4. The number of carbonyl (C=O) groups is 6. The fourth-order valence-electron chi connectivity index (χ4n) is 11.1. The van der Waals surface area contributed by atoms with Gasteiger partial charge < -0.3 is 9.47 Å². The number of benzene rings is 6. The summed E-state index contributed by atoms with van der Waals surface area (Å²) in [6.45, 7) is 1.59. The van der Waals surface area contributed by atoms with Gasteiger partial charge in [-0.15, -0.1) is 22.7 Å². The lowest BCUT2D eigenvalue weighted by Crippen LogP contribution is -2.42. The number of hydrogen-bond donors (Lipinski definition) is 0. The van der Waals surface area contributed by atoms with Crippen molar-refractivity contribution in [1.82, 2.24) is 9.13 Å². The maximum absolute atomic E-state index is 14.6. The molecule has 6 aromatic carbocycles. The molecular formula is C63H35F3N2O8S2. The van der Waals surface area contributed by atoms with E-state index >= 15 is 0 Å². The van der Waals surface area contributed by atoms with Gasteiger partial charge in [0, 0.05) is 54.3 Å². The van der Waals surface area contributed by atoms with Crippen molar-refractivity contribution in [1.29, 1.82) is 0 Å². The third kappa shape index (κ3) is 7.44. The SMILES string of the molecule is Cc1cc2cc3c(cc2cc1F)C(=O)/C(=C\c1cc2c(s1)c1c(n2C(=O)OCc2ccccc2)=CC2C=c4c(n(C(=O)OCc5ccccc5)c5cc(C=C6C(=O)c7cc8cc(F)c(F)cc8cc7C6=O)sc45)=CC2C=1)C3=O. The van der Waals surface area contributed by atoms with Gasteiger partial charge in [0.05, 0.1) is 42.3 Å². The van der Waals surface area contributed by atoms with Crippen LogP contribution in [0, 0.1) is 36.2 Å². The molecule has 0 saturated heterocycles. The van der Waals surface area contributed by atoms with Crippen LogP contribution in [0.15, 0.2) is 132 Å². The van der Waals surface area contributed by atoms with Crippen LogP contribution in [0.4, 0.5) is 22.8 Å². The number of fused-ring (bicyclic) bond motifs is 11. The second kappa shape index (κ2) is 17.6. The van der Waals surface area contributed by atoms with Crippen LogP contribution in [0.2, 0.25) is 0 Å². The second-order valence-electron chi connectivity index (χ2n) is 19.7. The third-order valence-corrected chi connectivity index (χ3v) is 17.1. The summed E-state index contributed by atoms with van der Waals surface area (Å²) in [7, 11) is 0. The highest BCUT2D eigenvalue weighted by Crippen LogP contribution is 2.38. The summed E-state index contributed by atoms with van der Waals surface area (Å²) in [6, 6.07) is 32.9. The standard InChI is InChI=1S/C63H35F3N2O8S2/c1-30-12-33-13-41-42(14-34(33)19-49(30)64)57(70)47(56(41)69)24-39-26-54-60(77-39)45-17-37-23-53-46(18-38(37)22-52(45)67(54)62(73)75-28-31-8-4-2-5-9-31)61-55(68(53)63(74)76-29-32-10-6-3-7-11-32)27-40(78-61)25-48-58(71)43-15-35-20-50(65)51(66)21-36(35)16-44(43)59(48)72/h2-27,37-38H,28-29H2,1H3/b47-24-. The van der Waals surface area contributed by atoms with E-state index in [4.69, 9.17) is 9.47 Å². The molecule has 0 bridgehead atoms. The number of aromatic nitrogens is 2. The Morgan fingerprint density at radius 1 is 0.500 bits per heavy atom. The number of carbonyl (C=O) groups excluding carboxylic acids is 6. The molecule has 4 aliphatic carbocycles. The number of rotatable bonds is 6. The van der Waals surface area contributed by atoms with E-state index in [0.29, 0.717) is 67.7 Å². The summed E-state index contributed by atoms with van der Waals surface area (Å²) in [5, 5.41) is 4.18. The molecule has 0 N–H and O–H groups in total. The second-order valence-corrected chi connectivity index (χ2v) is 21.9. The molecule has 378 valence electrons. The largest absolute Gasteiger partial charge is 0.444 e. The van der Waals surface area contributed by atoms with E-state index in [1.54, 1.807) is 37.3 Å². The Morgan fingerprint density at radius 2 is 0.872 bits per heavy atom. The molecule has 4 heterocycles. The average Bonchev–Trinajstić information content (AvgIpc) is 4.46. The zero-order valence-electron chi connectivity index (χ0n) is 40.7. The van der Waals surface area contributed by atoms with Crippen molar-refractivity contribution in [2.75, 3.05) is 0 Å². The van der Waals surface area contributed by atoms with E-state index in [0.717, 1.165) is 23.3 Å². The Kier molecular flexibility index (Phi) is 10.7. The van der Waals surface area contributed by atoms with Crippen LogP contribution in [0.1, 0.15) is 67.9 Å². The van der Waals surface area contributed by atoms with Crippen LogP contribution in [0.5, 0.6) is 0 Å². The van der Waals surface area contributed by atoms with Crippen LogP contribution >= 0.6 is 22.7 Å². The first-order valence-corrected chi connectivity index (χ1v) is 26.3. The Balaban J connectivity index is 0.889. The number of nitrogens with zero attached hydrogens (tertiary/aromatic N) is 2. The fraction of sp³-hybridized carbons (Fsp3) is 0.0794. The minimum atomic E-state index is -1.08. The average molecular weight is 1070 g/mol. The maximum Gasteiger partial charge on any atom is 0.419 e. The molecule has 15 heteroatoms. The van der Waals surface area contributed by atoms with Gasteiger partial charge in [0.15, 0.2) is 34.8 Å². The van der Waals surface area contributed by atoms with Crippen LogP contribution in [-0.2, 0) is 22.7 Å². The van der Waals surface area contributed by atoms with E-state index < -0.39 is 52.8 Å². The molecule has 0 radical (unpaired) electrons. The Morgan fingerprint density at radius 3 is 1.27 bits per heavy atom. The maximum atomic E-state index is 14.6. The predicted molar refractivity (Wildman–Crippen MR) is 293 cm³/mol. The van der Waals surface area contributed by atoms with Crippen molar-refractivity contribution in [2.45, 2.75) is 20.1 Å². The number of Topliss-reactive ketones (excluding diaryl/α,β-unsaturated/α-hetero) is 4. The van der Waals surface area contributed by atoms with E-state index in [1.165, 1.54) is 62.2 Å². The van der Waals surface area contributed by atoms with E-state index in [-0.39, 0.29) is 69.2 Å². The monoisotopic (exact) mass is 1070 g/mol. The highest BCUT2D eigenvalue weighted by Gasteiger charge is 2.36.